The first-order chi connectivity index (χ1) is 21.8. The molecule has 0 aromatic heterocycles. The normalized spacial score (nSPS) is 19.0. The van der Waals surface area contributed by atoms with Crippen LogP contribution in [-0.4, -0.2) is 58.9 Å². The number of alkyl halides is 2. The molecule has 5 atom stereocenters. The highest BCUT2D eigenvalue weighted by molar-refractivity contribution is 7.99. The molecule has 1 unspecified atom stereocenters. The molecule has 2 aliphatic rings. The predicted octanol–water partition coefficient (Wildman–Crippen LogP) is 4.61. The molecular formula is C32H39ClF2N4O6S. The number of hydrogen-bond acceptors (Lipinski definition) is 7. The highest BCUT2D eigenvalue weighted by atomic mass is 35.5. The summed E-state index contributed by atoms with van der Waals surface area (Å²) in [6.07, 6.45) is -2.47. The lowest BCUT2D eigenvalue weighted by Crippen LogP contribution is -2.54. The van der Waals surface area contributed by atoms with E-state index in [1.165, 1.54) is 30.3 Å². The molecule has 4 amide bonds. The van der Waals surface area contributed by atoms with Gasteiger partial charge in [-0.15, -0.1) is 0 Å². The molecule has 2 aromatic carbocycles. The predicted molar refractivity (Wildman–Crippen MR) is 170 cm³/mol. The number of aliphatic hydroxyl groups is 1. The van der Waals surface area contributed by atoms with Crippen molar-refractivity contribution in [2.24, 2.45) is 11.8 Å². The molecule has 2 aromatic rings. The van der Waals surface area contributed by atoms with E-state index in [1.54, 1.807) is 18.2 Å². The van der Waals surface area contributed by atoms with Crippen LogP contribution in [0.3, 0.4) is 0 Å². The number of rotatable bonds is 15. The van der Waals surface area contributed by atoms with E-state index in [0.29, 0.717) is 24.9 Å². The molecule has 1 aliphatic heterocycles. The summed E-state index contributed by atoms with van der Waals surface area (Å²) in [5, 5.41) is 18.2. The third-order valence-electron chi connectivity index (χ3n) is 7.73. The molecular weight excluding hydrogens is 642 g/mol. The zero-order valence-corrected chi connectivity index (χ0v) is 27.1. The largest absolute Gasteiger partial charge is 0.434 e. The topological polar surface area (TPSA) is 146 Å². The van der Waals surface area contributed by atoms with Crippen molar-refractivity contribution in [3.8, 4) is 0 Å². The lowest BCUT2D eigenvalue weighted by atomic mass is 9.94. The van der Waals surface area contributed by atoms with E-state index >= 15 is 8.78 Å². The van der Waals surface area contributed by atoms with Crippen LogP contribution in [0.2, 0.25) is 5.02 Å². The molecule has 46 heavy (non-hydrogen) atoms. The van der Waals surface area contributed by atoms with Crippen LogP contribution in [0, 0.1) is 11.8 Å². The van der Waals surface area contributed by atoms with Gasteiger partial charge < -0.3 is 25.8 Å². The summed E-state index contributed by atoms with van der Waals surface area (Å²) in [5.41, 5.74) is -0.404. The van der Waals surface area contributed by atoms with Crippen LogP contribution in [0.4, 0.5) is 13.6 Å². The Bertz CT molecular complexity index is 1380. The fourth-order valence-corrected chi connectivity index (χ4v) is 6.26. The van der Waals surface area contributed by atoms with Crippen LogP contribution < -0.4 is 20.7 Å². The Balaban J connectivity index is 1.46. The van der Waals surface area contributed by atoms with Crippen LogP contribution >= 0.6 is 23.5 Å². The highest BCUT2D eigenvalue weighted by Crippen LogP contribution is 2.43. The SMILES string of the molecule is CC(C)C[C@H](SNC(=O)O[C@@H](c1ccccc1)C(F)(F)c1cccc(Cl)c1)C(=O)N[C@@H](C[C@@H]1CCNC1=O)C(O)C(=O)NC1CC1. The van der Waals surface area contributed by atoms with Crippen LogP contribution in [0.15, 0.2) is 54.6 Å². The van der Waals surface area contributed by atoms with Gasteiger partial charge in [-0.05, 0) is 67.7 Å². The molecule has 1 aliphatic carbocycles. The fourth-order valence-electron chi connectivity index (χ4n) is 5.13. The molecule has 5 N–H and O–H groups in total. The van der Waals surface area contributed by atoms with E-state index in [9.17, 15) is 24.3 Å². The second-order valence-electron chi connectivity index (χ2n) is 12.0. The van der Waals surface area contributed by atoms with E-state index < -0.39 is 58.8 Å². The fraction of sp³-hybridized carbons (Fsp3) is 0.500. The molecule has 250 valence electrons. The number of aliphatic hydroxyl groups excluding tert-OH is 1. The minimum absolute atomic E-state index is 0.0290. The van der Waals surface area contributed by atoms with E-state index in [-0.39, 0.29) is 41.3 Å². The summed E-state index contributed by atoms with van der Waals surface area (Å²) in [5.74, 6) is -5.69. The second kappa shape index (κ2) is 15.9. The van der Waals surface area contributed by atoms with Gasteiger partial charge >= 0.3 is 12.0 Å². The molecule has 0 bridgehead atoms. The summed E-state index contributed by atoms with van der Waals surface area (Å²) in [6.45, 7) is 4.16. The molecule has 0 spiro atoms. The van der Waals surface area contributed by atoms with E-state index in [0.717, 1.165) is 18.9 Å². The highest BCUT2D eigenvalue weighted by Gasteiger charge is 2.46. The Labute approximate surface area is 275 Å². The molecule has 0 radical (unpaired) electrons. The maximum absolute atomic E-state index is 15.8. The Morgan fingerprint density at radius 2 is 1.80 bits per heavy atom. The standard InChI is InChI=1S/C32H39ClF2N4O6S/c1-18(2)15-25(29(42)38-24(16-20-13-14-36-28(20)41)26(40)30(43)37-23-11-12-23)46-39-31(44)45-27(19-7-4-3-5-8-19)32(34,35)21-9-6-10-22(33)17-21/h3-10,17-18,20,23-27,40H,11-16H2,1-2H3,(H,36,41)(H,37,43)(H,38,42)(H,39,44)/t20-,24-,25-,26?,27-/m0/s1. The Morgan fingerprint density at radius 3 is 2.41 bits per heavy atom. The molecule has 1 saturated heterocycles. The minimum atomic E-state index is -3.67. The summed E-state index contributed by atoms with van der Waals surface area (Å²) in [4.78, 5) is 51.5. The van der Waals surface area contributed by atoms with Crippen LogP contribution in [0.5, 0.6) is 0 Å². The molecule has 14 heteroatoms. The van der Waals surface area contributed by atoms with Crippen molar-refractivity contribution in [2.75, 3.05) is 6.54 Å². The van der Waals surface area contributed by atoms with Gasteiger partial charge in [-0.3, -0.25) is 19.1 Å². The maximum Gasteiger partial charge on any atom is 0.418 e. The summed E-state index contributed by atoms with van der Waals surface area (Å²) in [6, 6.07) is 11.5. The monoisotopic (exact) mass is 680 g/mol. The molecule has 10 nitrogen and oxygen atoms in total. The van der Waals surface area contributed by atoms with Crippen molar-refractivity contribution in [1.82, 2.24) is 20.7 Å². The summed E-state index contributed by atoms with van der Waals surface area (Å²) >= 11 is 6.64. The van der Waals surface area contributed by atoms with Gasteiger partial charge in [0.2, 0.25) is 11.8 Å². The first-order valence-corrected chi connectivity index (χ1v) is 16.5. The Hall–Kier alpha value is -3.42. The van der Waals surface area contributed by atoms with Gasteiger partial charge in [0.25, 0.3) is 5.91 Å². The third kappa shape index (κ3) is 9.79. The third-order valence-corrected chi connectivity index (χ3v) is 8.94. The maximum atomic E-state index is 15.8. The van der Waals surface area contributed by atoms with Crippen molar-refractivity contribution >= 4 is 47.4 Å². The summed E-state index contributed by atoms with van der Waals surface area (Å²) in [7, 11) is 0. The van der Waals surface area contributed by atoms with Crippen molar-refractivity contribution in [3.05, 3.63) is 70.7 Å². The van der Waals surface area contributed by atoms with Crippen LogP contribution in [-0.2, 0) is 25.0 Å². The lowest BCUT2D eigenvalue weighted by molar-refractivity contribution is -0.133. The number of halogens is 3. The van der Waals surface area contributed by atoms with Gasteiger partial charge in [-0.25, -0.2) is 4.79 Å². The quantitative estimate of drug-likeness (QED) is 0.173. The van der Waals surface area contributed by atoms with Gasteiger partial charge in [-0.1, -0.05) is 67.9 Å². The number of hydrogen-bond donors (Lipinski definition) is 5. The molecule has 2 fully saturated rings. The average Bonchev–Trinajstić information content (AvgIpc) is 3.75. The van der Waals surface area contributed by atoms with Gasteiger partial charge in [0.15, 0.2) is 12.2 Å². The van der Waals surface area contributed by atoms with Gasteiger partial charge in [0, 0.05) is 29.1 Å². The van der Waals surface area contributed by atoms with Crippen LogP contribution in [0.25, 0.3) is 0 Å². The number of nitrogens with one attached hydrogen (secondary N) is 4. The van der Waals surface area contributed by atoms with Crippen LogP contribution in [0.1, 0.15) is 63.2 Å². The smallest absolute Gasteiger partial charge is 0.418 e. The van der Waals surface area contributed by atoms with Crippen molar-refractivity contribution < 1.29 is 37.8 Å². The van der Waals surface area contributed by atoms with Gasteiger partial charge in [0.1, 0.15) is 5.25 Å². The molecule has 1 heterocycles. The zero-order valence-electron chi connectivity index (χ0n) is 25.5. The zero-order chi connectivity index (χ0) is 33.4. The van der Waals surface area contributed by atoms with Gasteiger partial charge in [-0.2, -0.15) is 8.78 Å². The van der Waals surface area contributed by atoms with E-state index in [4.69, 9.17) is 16.3 Å². The first-order valence-electron chi connectivity index (χ1n) is 15.2. The Kier molecular flexibility index (Phi) is 12.3. The average molecular weight is 681 g/mol. The van der Waals surface area contributed by atoms with E-state index in [2.05, 4.69) is 20.7 Å². The van der Waals surface area contributed by atoms with E-state index in [1.807, 2.05) is 13.8 Å². The number of carbonyl (C=O) groups is 4. The van der Waals surface area contributed by atoms with Crippen molar-refractivity contribution in [1.29, 1.82) is 0 Å². The molecule has 1 saturated carbocycles. The summed E-state index contributed by atoms with van der Waals surface area (Å²) < 4.78 is 39.2. The van der Waals surface area contributed by atoms with Crippen molar-refractivity contribution in [2.45, 2.75) is 81.4 Å². The number of benzene rings is 2. The lowest BCUT2D eigenvalue weighted by Gasteiger charge is -2.29. The molecule has 4 rings (SSSR count). The van der Waals surface area contributed by atoms with Crippen molar-refractivity contribution in [3.63, 3.8) is 0 Å². The van der Waals surface area contributed by atoms with Gasteiger partial charge in [0.05, 0.1) is 6.04 Å². The number of amides is 4. The number of ether oxygens (including phenoxy) is 1. The Morgan fingerprint density at radius 1 is 1.09 bits per heavy atom. The minimum Gasteiger partial charge on any atom is -0.434 e. The first kappa shape index (κ1) is 35.4. The number of carbonyl (C=O) groups excluding carboxylic acids is 4. The second-order valence-corrected chi connectivity index (χ2v) is 13.5.